The van der Waals surface area contributed by atoms with Crippen molar-refractivity contribution in [1.29, 1.82) is 5.26 Å². The number of hydrogen-bond donors (Lipinski definition) is 1. The van der Waals surface area contributed by atoms with Crippen LogP contribution >= 0.6 is 0 Å². The van der Waals surface area contributed by atoms with Crippen LogP contribution < -0.4 is 5.32 Å². The van der Waals surface area contributed by atoms with Crippen LogP contribution in [0.4, 0.5) is 0 Å². The number of nitriles is 1. The second-order valence-electron chi connectivity index (χ2n) is 6.86. The highest BCUT2D eigenvalue weighted by molar-refractivity contribution is 5.16. The van der Waals surface area contributed by atoms with Crippen molar-refractivity contribution in [3.63, 3.8) is 0 Å². The van der Waals surface area contributed by atoms with Crippen LogP contribution in [0.3, 0.4) is 0 Å². The summed E-state index contributed by atoms with van der Waals surface area (Å²) < 4.78 is 2.34. The van der Waals surface area contributed by atoms with Crippen LogP contribution in [0.5, 0.6) is 0 Å². The highest BCUT2D eigenvalue weighted by Gasteiger charge is 2.31. The molecular formula is C17H26N4. The van der Waals surface area contributed by atoms with Crippen molar-refractivity contribution in [3.05, 3.63) is 17.7 Å². The summed E-state index contributed by atoms with van der Waals surface area (Å²) in [4.78, 5) is 4.55. The molecule has 0 aliphatic heterocycles. The Hall–Kier alpha value is -1.34. The van der Waals surface area contributed by atoms with Gasteiger partial charge in [0.15, 0.2) is 0 Å². The van der Waals surface area contributed by atoms with E-state index in [9.17, 15) is 5.26 Å². The lowest BCUT2D eigenvalue weighted by atomic mass is 9.96. The second-order valence-corrected chi connectivity index (χ2v) is 6.86. The Labute approximate surface area is 127 Å². The molecule has 4 heteroatoms. The molecule has 1 aromatic heterocycles. The number of nitrogens with zero attached hydrogens (tertiary/aromatic N) is 3. The van der Waals surface area contributed by atoms with Crippen molar-refractivity contribution in [2.24, 2.45) is 0 Å². The van der Waals surface area contributed by atoms with Gasteiger partial charge in [-0.1, -0.05) is 0 Å². The van der Waals surface area contributed by atoms with Crippen LogP contribution in [0.25, 0.3) is 0 Å². The maximum absolute atomic E-state index is 9.38. The fraction of sp³-hybridized carbons (Fsp3) is 0.765. The minimum absolute atomic E-state index is 0.338. The predicted molar refractivity (Wildman–Crippen MR) is 82.9 cm³/mol. The van der Waals surface area contributed by atoms with E-state index < -0.39 is 0 Å². The monoisotopic (exact) mass is 286 g/mol. The Kier molecular flexibility index (Phi) is 4.30. The van der Waals surface area contributed by atoms with E-state index in [1.807, 2.05) is 13.3 Å². The van der Waals surface area contributed by atoms with Gasteiger partial charge in [-0.25, -0.2) is 4.98 Å². The molecule has 1 unspecified atom stereocenters. The molecule has 4 nitrogen and oxygen atoms in total. The molecule has 21 heavy (non-hydrogen) atoms. The molecule has 1 saturated carbocycles. The lowest BCUT2D eigenvalue weighted by Gasteiger charge is -2.23. The first-order valence-electron chi connectivity index (χ1n) is 8.42. The minimum atomic E-state index is -0.338. The van der Waals surface area contributed by atoms with Gasteiger partial charge in [-0.3, -0.25) is 5.32 Å². The van der Waals surface area contributed by atoms with Gasteiger partial charge in [-0.05, 0) is 64.7 Å². The minimum Gasteiger partial charge on any atom is -0.334 e. The molecule has 0 radical (unpaired) electrons. The Morgan fingerprint density at radius 1 is 1.38 bits per heavy atom. The Bertz CT molecular complexity index is 523. The lowest BCUT2D eigenvalue weighted by Crippen LogP contribution is -2.42. The van der Waals surface area contributed by atoms with E-state index in [2.05, 4.69) is 20.9 Å². The number of rotatable bonds is 7. The number of aromatic nitrogens is 2. The Morgan fingerprint density at radius 3 is 2.95 bits per heavy atom. The second kappa shape index (κ2) is 6.19. The molecule has 2 aliphatic carbocycles. The maximum Gasteiger partial charge on any atom is 0.104 e. The van der Waals surface area contributed by atoms with Crippen molar-refractivity contribution in [3.8, 4) is 6.07 Å². The molecule has 1 aromatic rings. The van der Waals surface area contributed by atoms with Crippen molar-refractivity contribution in [1.82, 2.24) is 14.9 Å². The molecule has 1 fully saturated rings. The third-order valence-electron chi connectivity index (χ3n) is 4.78. The first kappa shape index (κ1) is 14.6. The van der Waals surface area contributed by atoms with Crippen LogP contribution in [0.15, 0.2) is 6.33 Å². The molecule has 0 amide bonds. The average molecular weight is 286 g/mol. The fourth-order valence-electron chi connectivity index (χ4n) is 3.32. The van der Waals surface area contributed by atoms with Crippen LogP contribution in [-0.4, -0.2) is 21.1 Å². The van der Waals surface area contributed by atoms with Gasteiger partial charge in [-0.15, -0.1) is 0 Å². The number of nitrogens with one attached hydrogen (secondary N) is 1. The van der Waals surface area contributed by atoms with Crippen LogP contribution in [0, 0.1) is 11.3 Å². The van der Waals surface area contributed by atoms with E-state index in [0.717, 1.165) is 32.2 Å². The molecule has 1 heterocycles. The van der Waals surface area contributed by atoms with Gasteiger partial charge in [0.25, 0.3) is 0 Å². The normalized spacial score (nSPS) is 20.6. The van der Waals surface area contributed by atoms with Gasteiger partial charge in [0, 0.05) is 18.3 Å². The van der Waals surface area contributed by atoms with Gasteiger partial charge in [-0.2, -0.15) is 5.26 Å². The summed E-state index contributed by atoms with van der Waals surface area (Å²) in [6.07, 6.45) is 12.6. The van der Waals surface area contributed by atoms with Crippen LogP contribution in [0.1, 0.15) is 63.3 Å². The standard InChI is InChI=1S/C17H26N4/c1-17(12-18,20-14-8-9-14)10-4-5-11-21-13-19-15-6-2-3-7-16(15)21/h13-14,20H,2-11H2,1H3. The fourth-order valence-corrected chi connectivity index (χ4v) is 3.32. The molecule has 2 aliphatic rings. The summed E-state index contributed by atoms with van der Waals surface area (Å²) in [5.74, 6) is 0. The number of hydrogen-bond acceptors (Lipinski definition) is 3. The Morgan fingerprint density at radius 2 is 2.19 bits per heavy atom. The molecule has 1 N–H and O–H groups in total. The van der Waals surface area contributed by atoms with Crippen molar-refractivity contribution >= 4 is 0 Å². The molecule has 0 bridgehead atoms. The van der Waals surface area contributed by atoms with Crippen molar-refractivity contribution < 1.29 is 0 Å². The number of imidazole rings is 1. The van der Waals surface area contributed by atoms with Gasteiger partial charge in [0.2, 0.25) is 0 Å². The first-order chi connectivity index (χ1) is 10.2. The molecule has 114 valence electrons. The maximum atomic E-state index is 9.38. The van der Waals surface area contributed by atoms with E-state index in [0.29, 0.717) is 6.04 Å². The molecule has 1 atom stereocenters. The smallest absolute Gasteiger partial charge is 0.104 e. The van der Waals surface area contributed by atoms with Crippen LogP contribution in [0.2, 0.25) is 0 Å². The van der Waals surface area contributed by atoms with Gasteiger partial charge >= 0.3 is 0 Å². The third-order valence-corrected chi connectivity index (χ3v) is 4.78. The van der Waals surface area contributed by atoms with Crippen LogP contribution in [-0.2, 0) is 19.4 Å². The van der Waals surface area contributed by atoms with E-state index in [1.54, 1.807) is 0 Å². The van der Waals surface area contributed by atoms with Gasteiger partial charge in [0.05, 0.1) is 18.1 Å². The molecule has 0 saturated heterocycles. The van der Waals surface area contributed by atoms with E-state index in [1.165, 1.54) is 43.5 Å². The number of aryl methyl sites for hydroxylation is 2. The van der Waals surface area contributed by atoms with E-state index in [4.69, 9.17) is 0 Å². The SMILES string of the molecule is CC(C#N)(CCCCn1cnc2c1CCCC2)NC1CC1. The molecular weight excluding hydrogens is 260 g/mol. The summed E-state index contributed by atoms with van der Waals surface area (Å²) in [6, 6.07) is 3.06. The summed E-state index contributed by atoms with van der Waals surface area (Å²) in [7, 11) is 0. The highest BCUT2D eigenvalue weighted by Crippen LogP contribution is 2.25. The quantitative estimate of drug-likeness (QED) is 0.784. The zero-order valence-corrected chi connectivity index (χ0v) is 13.1. The first-order valence-corrected chi connectivity index (χ1v) is 8.42. The molecule has 3 rings (SSSR count). The molecule has 0 aromatic carbocycles. The van der Waals surface area contributed by atoms with Crippen molar-refractivity contribution in [2.75, 3.05) is 0 Å². The average Bonchev–Trinajstić information content (AvgIpc) is 3.21. The highest BCUT2D eigenvalue weighted by atomic mass is 15.1. The summed E-state index contributed by atoms with van der Waals surface area (Å²) in [6.45, 7) is 3.09. The number of unbranched alkanes of at least 4 members (excludes halogenated alkanes) is 1. The zero-order chi connectivity index (χ0) is 14.7. The predicted octanol–water partition coefficient (Wildman–Crippen LogP) is 2.97. The number of fused-ring (bicyclic) bond motifs is 1. The van der Waals surface area contributed by atoms with Gasteiger partial charge < -0.3 is 4.57 Å². The summed E-state index contributed by atoms with van der Waals surface area (Å²) in [5, 5.41) is 12.9. The van der Waals surface area contributed by atoms with Gasteiger partial charge in [0.1, 0.15) is 5.54 Å². The lowest BCUT2D eigenvalue weighted by molar-refractivity contribution is 0.391. The third kappa shape index (κ3) is 3.65. The summed E-state index contributed by atoms with van der Waals surface area (Å²) >= 11 is 0. The van der Waals surface area contributed by atoms with E-state index >= 15 is 0 Å². The Balaban J connectivity index is 1.45. The summed E-state index contributed by atoms with van der Waals surface area (Å²) in [5.41, 5.74) is 2.44. The van der Waals surface area contributed by atoms with E-state index in [-0.39, 0.29) is 5.54 Å². The largest absolute Gasteiger partial charge is 0.334 e. The topological polar surface area (TPSA) is 53.6 Å². The van der Waals surface area contributed by atoms with Crippen molar-refractivity contribution in [2.45, 2.75) is 82.8 Å². The zero-order valence-electron chi connectivity index (χ0n) is 13.1. The molecule has 0 spiro atoms.